The van der Waals surface area contributed by atoms with Gasteiger partial charge in [0.05, 0.1) is 19.3 Å². The predicted molar refractivity (Wildman–Crippen MR) is 80.8 cm³/mol. The van der Waals surface area contributed by atoms with Gasteiger partial charge in [-0.25, -0.2) is 0 Å². The highest BCUT2D eigenvalue weighted by molar-refractivity contribution is 5.82. The van der Waals surface area contributed by atoms with Crippen molar-refractivity contribution < 1.29 is 9.53 Å². The van der Waals surface area contributed by atoms with Crippen LogP contribution in [0.15, 0.2) is 24.5 Å². The van der Waals surface area contributed by atoms with Gasteiger partial charge in [0.25, 0.3) is 0 Å². The first kappa shape index (κ1) is 14.5. The minimum Gasteiger partial charge on any atom is -0.379 e. The Hall–Kier alpha value is -1.42. The van der Waals surface area contributed by atoms with E-state index in [0.29, 0.717) is 12.5 Å². The van der Waals surface area contributed by atoms with Gasteiger partial charge in [0.1, 0.15) is 0 Å². The van der Waals surface area contributed by atoms with Gasteiger partial charge < -0.3 is 10.1 Å². The molecule has 2 atom stereocenters. The Morgan fingerprint density at radius 3 is 2.76 bits per heavy atom. The van der Waals surface area contributed by atoms with E-state index in [1.165, 1.54) is 18.4 Å². The summed E-state index contributed by atoms with van der Waals surface area (Å²) in [6, 6.07) is 4.22. The van der Waals surface area contributed by atoms with E-state index in [-0.39, 0.29) is 17.4 Å². The molecular weight excluding hydrogens is 264 g/mol. The second-order valence-corrected chi connectivity index (χ2v) is 6.70. The molecule has 1 aromatic rings. The third-order valence-corrected chi connectivity index (χ3v) is 5.02. The first-order valence-electron chi connectivity index (χ1n) is 7.95. The molecule has 1 N–H and O–H groups in total. The zero-order chi connectivity index (χ0) is 14.7. The highest BCUT2D eigenvalue weighted by Gasteiger charge is 2.39. The van der Waals surface area contributed by atoms with Crippen LogP contribution in [0.3, 0.4) is 0 Å². The van der Waals surface area contributed by atoms with E-state index in [1.54, 1.807) is 0 Å². The number of pyridine rings is 1. The van der Waals surface area contributed by atoms with Crippen LogP contribution in [-0.4, -0.2) is 30.1 Å². The molecule has 114 valence electrons. The Labute approximate surface area is 126 Å². The van der Waals surface area contributed by atoms with Crippen molar-refractivity contribution in [3.8, 4) is 0 Å². The van der Waals surface area contributed by atoms with Crippen molar-refractivity contribution >= 4 is 5.91 Å². The van der Waals surface area contributed by atoms with Gasteiger partial charge in [0, 0.05) is 23.7 Å². The lowest BCUT2D eigenvalue weighted by atomic mass is 9.86. The summed E-state index contributed by atoms with van der Waals surface area (Å²) in [4.78, 5) is 16.6. The first-order valence-corrected chi connectivity index (χ1v) is 7.95. The number of carbonyl (C=O) groups excluding carboxylic acids is 1. The van der Waals surface area contributed by atoms with E-state index < -0.39 is 0 Å². The second-order valence-electron chi connectivity index (χ2n) is 6.70. The highest BCUT2D eigenvalue weighted by atomic mass is 16.5. The third-order valence-electron chi connectivity index (χ3n) is 5.02. The Bertz CT molecular complexity index is 483. The molecule has 0 aromatic carbocycles. The monoisotopic (exact) mass is 288 g/mol. The van der Waals surface area contributed by atoms with Crippen molar-refractivity contribution in [3.05, 3.63) is 30.1 Å². The molecule has 1 saturated heterocycles. The Kier molecular flexibility index (Phi) is 4.24. The molecule has 0 unspecified atom stereocenters. The van der Waals surface area contributed by atoms with Crippen LogP contribution in [0.2, 0.25) is 0 Å². The van der Waals surface area contributed by atoms with Crippen molar-refractivity contribution in [1.29, 1.82) is 0 Å². The maximum absolute atomic E-state index is 12.5. The van der Waals surface area contributed by atoms with Gasteiger partial charge in [-0.2, -0.15) is 0 Å². The van der Waals surface area contributed by atoms with Crippen LogP contribution >= 0.6 is 0 Å². The van der Waals surface area contributed by atoms with Crippen molar-refractivity contribution in [1.82, 2.24) is 10.3 Å². The number of nitrogens with one attached hydrogen (secondary N) is 1. The van der Waals surface area contributed by atoms with E-state index in [4.69, 9.17) is 4.74 Å². The van der Waals surface area contributed by atoms with Gasteiger partial charge in [0.2, 0.25) is 5.91 Å². The first-order chi connectivity index (χ1) is 10.2. The number of ether oxygens (including phenoxy) is 1. The number of carbonyl (C=O) groups is 1. The zero-order valence-electron chi connectivity index (χ0n) is 12.7. The number of rotatable bonds is 4. The molecule has 0 spiro atoms. The van der Waals surface area contributed by atoms with Crippen molar-refractivity contribution in [2.24, 2.45) is 11.3 Å². The summed E-state index contributed by atoms with van der Waals surface area (Å²) in [7, 11) is 0. The van der Waals surface area contributed by atoms with Crippen LogP contribution in [0.1, 0.15) is 38.2 Å². The van der Waals surface area contributed by atoms with Crippen LogP contribution in [0.5, 0.6) is 0 Å². The molecule has 2 heterocycles. The van der Waals surface area contributed by atoms with Crippen LogP contribution in [-0.2, 0) is 16.0 Å². The largest absolute Gasteiger partial charge is 0.379 e. The molecule has 1 saturated carbocycles. The maximum Gasteiger partial charge on any atom is 0.226 e. The van der Waals surface area contributed by atoms with Crippen LogP contribution < -0.4 is 5.32 Å². The molecule has 1 aliphatic carbocycles. The average molecular weight is 288 g/mol. The molecule has 2 fully saturated rings. The summed E-state index contributed by atoms with van der Waals surface area (Å²) in [6.07, 6.45) is 8.95. The molecule has 21 heavy (non-hydrogen) atoms. The fraction of sp³-hybridized carbons (Fsp3) is 0.647. The number of hydrogen-bond donors (Lipinski definition) is 1. The lowest BCUT2D eigenvalue weighted by molar-refractivity contribution is -0.130. The predicted octanol–water partition coefficient (Wildman–Crippen LogP) is 2.34. The van der Waals surface area contributed by atoms with Crippen LogP contribution in [0.25, 0.3) is 0 Å². The summed E-state index contributed by atoms with van der Waals surface area (Å²) < 4.78 is 5.61. The van der Waals surface area contributed by atoms with Gasteiger partial charge in [-0.3, -0.25) is 9.78 Å². The standard InChI is InChI=1S/C17H24N2O2/c1-17(6-2-3-7-17)16(20)19-15-12-21-11-14(15)10-13-4-8-18-9-5-13/h4-5,8-9,14-15H,2-3,6-7,10-12H2,1H3,(H,19,20)/t14-,15-/m1/s1. The van der Waals surface area contributed by atoms with E-state index in [1.807, 2.05) is 24.5 Å². The quantitative estimate of drug-likeness (QED) is 0.925. The van der Waals surface area contributed by atoms with Crippen molar-refractivity contribution in [3.63, 3.8) is 0 Å². The average Bonchev–Trinajstić information content (AvgIpc) is 3.11. The van der Waals surface area contributed by atoms with E-state index in [0.717, 1.165) is 25.9 Å². The topological polar surface area (TPSA) is 51.2 Å². The summed E-state index contributed by atoms with van der Waals surface area (Å²) in [5, 5.41) is 3.25. The van der Waals surface area contributed by atoms with E-state index >= 15 is 0 Å². The van der Waals surface area contributed by atoms with Crippen LogP contribution in [0.4, 0.5) is 0 Å². The molecule has 2 aliphatic rings. The number of hydrogen-bond acceptors (Lipinski definition) is 3. The molecule has 4 nitrogen and oxygen atoms in total. The highest BCUT2D eigenvalue weighted by Crippen LogP contribution is 2.38. The summed E-state index contributed by atoms with van der Waals surface area (Å²) >= 11 is 0. The van der Waals surface area contributed by atoms with Crippen LogP contribution in [0, 0.1) is 11.3 Å². The Morgan fingerprint density at radius 2 is 2.05 bits per heavy atom. The summed E-state index contributed by atoms with van der Waals surface area (Å²) in [5.74, 6) is 0.580. The fourth-order valence-corrected chi connectivity index (χ4v) is 3.51. The molecular formula is C17H24N2O2. The second kappa shape index (κ2) is 6.14. The summed E-state index contributed by atoms with van der Waals surface area (Å²) in [5.41, 5.74) is 1.09. The van der Waals surface area contributed by atoms with Gasteiger partial charge in [-0.15, -0.1) is 0 Å². The van der Waals surface area contributed by atoms with E-state index in [2.05, 4.69) is 17.2 Å². The minimum atomic E-state index is -0.163. The molecule has 1 aromatic heterocycles. The number of aromatic nitrogens is 1. The molecule has 1 aliphatic heterocycles. The van der Waals surface area contributed by atoms with Crippen molar-refractivity contribution in [2.75, 3.05) is 13.2 Å². The minimum absolute atomic E-state index is 0.142. The molecule has 3 rings (SSSR count). The summed E-state index contributed by atoms with van der Waals surface area (Å²) in [6.45, 7) is 3.46. The maximum atomic E-state index is 12.5. The van der Waals surface area contributed by atoms with E-state index in [9.17, 15) is 4.79 Å². The van der Waals surface area contributed by atoms with Gasteiger partial charge >= 0.3 is 0 Å². The molecule has 1 amide bonds. The number of nitrogens with zero attached hydrogens (tertiary/aromatic N) is 1. The number of amides is 1. The Morgan fingerprint density at radius 1 is 1.33 bits per heavy atom. The fourth-order valence-electron chi connectivity index (χ4n) is 3.51. The molecule has 0 bridgehead atoms. The smallest absolute Gasteiger partial charge is 0.226 e. The Balaban J connectivity index is 1.60. The molecule has 4 heteroatoms. The lowest BCUT2D eigenvalue weighted by Gasteiger charge is -2.27. The molecule has 0 radical (unpaired) electrons. The zero-order valence-corrected chi connectivity index (χ0v) is 12.7. The van der Waals surface area contributed by atoms with Gasteiger partial charge in [0.15, 0.2) is 0 Å². The van der Waals surface area contributed by atoms with Gasteiger partial charge in [-0.05, 0) is 37.0 Å². The lowest BCUT2D eigenvalue weighted by Crippen LogP contribution is -2.46. The van der Waals surface area contributed by atoms with Gasteiger partial charge in [-0.1, -0.05) is 19.8 Å². The third kappa shape index (κ3) is 3.26. The van der Waals surface area contributed by atoms with Crippen molar-refractivity contribution in [2.45, 2.75) is 45.1 Å². The SMILES string of the molecule is CC1(C(=O)N[C@@H]2COC[C@H]2Cc2ccncc2)CCCC1. The normalized spacial score (nSPS) is 27.7.